The molecule has 6 heteroatoms. The van der Waals surface area contributed by atoms with Crippen LogP contribution in [0.5, 0.6) is 11.5 Å². The van der Waals surface area contributed by atoms with Crippen molar-refractivity contribution in [3.63, 3.8) is 0 Å². The van der Waals surface area contributed by atoms with Crippen LogP contribution in [0.2, 0.25) is 0 Å². The van der Waals surface area contributed by atoms with Crippen molar-refractivity contribution in [2.24, 2.45) is 0 Å². The maximum Gasteiger partial charge on any atom is 0.331 e. The van der Waals surface area contributed by atoms with Gasteiger partial charge in [0.25, 0.3) is 0 Å². The smallest absolute Gasteiger partial charge is 0.331 e. The molecule has 0 unspecified atom stereocenters. The van der Waals surface area contributed by atoms with Gasteiger partial charge < -0.3 is 18.6 Å². The van der Waals surface area contributed by atoms with Gasteiger partial charge in [0, 0.05) is 18.6 Å². The number of carbonyl (C=O) groups is 1. The van der Waals surface area contributed by atoms with E-state index in [9.17, 15) is 9.59 Å². The van der Waals surface area contributed by atoms with E-state index in [1.807, 2.05) is 45.0 Å². The van der Waals surface area contributed by atoms with Crippen LogP contribution in [-0.2, 0) is 22.6 Å². The van der Waals surface area contributed by atoms with Crippen LogP contribution in [0.4, 0.5) is 0 Å². The van der Waals surface area contributed by atoms with Gasteiger partial charge in [-0.1, -0.05) is 19.1 Å². The zero-order valence-electron chi connectivity index (χ0n) is 18.1. The second-order valence-corrected chi connectivity index (χ2v) is 7.23. The first-order chi connectivity index (χ1) is 14.9. The van der Waals surface area contributed by atoms with Gasteiger partial charge in [0.1, 0.15) is 29.4 Å². The van der Waals surface area contributed by atoms with Crippen molar-refractivity contribution in [1.82, 2.24) is 0 Å². The number of hydrogen-bond acceptors (Lipinski definition) is 6. The van der Waals surface area contributed by atoms with Gasteiger partial charge >= 0.3 is 5.97 Å². The number of carbonyl (C=O) groups excluding carboxylic acids is 1. The molecule has 6 nitrogen and oxygen atoms in total. The van der Waals surface area contributed by atoms with Crippen molar-refractivity contribution in [1.29, 1.82) is 0 Å². The van der Waals surface area contributed by atoms with E-state index in [2.05, 4.69) is 0 Å². The summed E-state index contributed by atoms with van der Waals surface area (Å²) in [6.45, 7) is 5.62. The van der Waals surface area contributed by atoms with E-state index < -0.39 is 5.97 Å². The number of fused-ring (bicyclic) bond motifs is 1. The summed E-state index contributed by atoms with van der Waals surface area (Å²) in [5, 5.41) is 0.424. The molecule has 2 aromatic carbocycles. The van der Waals surface area contributed by atoms with Crippen molar-refractivity contribution in [2.45, 2.75) is 39.9 Å². The molecule has 0 saturated carbocycles. The number of rotatable bonds is 8. The highest BCUT2D eigenvalue weighted by Gasteiger charge is 2.17. The third-order valence-electron chi connectivity index (χ3n) is 4.61. The molecule has 1 heterocycles. The average molecular weight is 422 g/mol. The Morgan fingerprint density at radius 3 is 2.52 bits per heavy atom. The molecule has 0 spiro atoms. The molecular formula is C25H26O6. The van der Waals surface area contributed by atoms with Crippen LogP contribution in [0.3, 0.4) is 0 Å². The Morgan fingerprint density at radius 2 is 1.87 bits per heavy atom. The molecule has 162 valence electrons. The average Bonchev–Trinajstić information content (AvgIpc) is 2.76. The molecule has 0 atom stereocenters. The Bertz CT molecular complexity index is 1140. The van der Waals surface area contributed by atoms with E-state index in [0.29, 0.717) is 34.5 Å². The number of esters is 1. The van der Waals surface area contributed by atoms with Crippen LogP contribution >= 0.6 is 0 Å². The van der Waals surface area contributed by atoms with Crippen molar-refractivity contribution < 1.29 is 23.4 Å². The molecule has 0 amide bonds. The second-order valence-electron chi connectivity index (χ2n) is 7.23. The Morgan fingerprint density at radius 1 is 1.13 bits per heavy atom. The van der Waals surface area contributed by atoms with E-state index in [1.165, 1.54) is 12.1 Å². The topological polar surface area (TPSA) is 75.0 Å². The minimum Gasteiger partial charge on any atom is -0.497 e. The van der Waals surface area contributed by atoms with Crippen molar-refractivity contribution in [2.75, 3.05) is 7.11 Å². The summed E-state index contributed by atoms with van der Waals surface area (Å²) in [7, 11) is 1.60. The highest BCUT2D eigenvalue weighted by molar-refractivity contribution is 5.87. The summed E-state index contributed by atoms with van der Waals surface area (Å²) in [5.41, 5.74) is 1.62. The summed E-state index contributed by atoms with van der Waals surface area (Å²) in [6, 6.07) is 12.2. The molecule has 0 aliphatic rings. The molecule has 0 fully saturated rings. The lowest BCUT2D eigenvalue weighted by molar-refractivity contribution is -0.138. The first kappa shape index (κ1) is 22.2. The minimum absolute atomic E-state index is 0.0821. The summed E-state index contributed by atoms with van der Waals surface area (Å²) in [6.07, 6.45) is 3.49. The minimum atomic E-state index is -0.516. The van der Waals surface area contributed by atoms with E-state index in [4.69, 9.17) is 18.6 Å². The van der Waals surface area contributed by atoms with Crippen LogP contribution in [-0.4, -0.2) is 19.2 Å². The predicted molar refractivity (Wildman–Crippen MR) is 119 cm³/mol. The molecule has 3 rings (SSSR count). The van der Waals surface area contributed by atoms with Crippen LogP contribution < -0.4 is 14.9 Å². The first-order valence-corrected chi connectivity index (χ1v) is 10.2. The zero-order chi connectivity index (χ0) is 22.4. The fourth-order valence-corrected chi connectivity index (χ4v) is 3.05. The zero-order valence-corrected chi connectivity index (χ0v) is 18.1. The monoisotopic (exact) mass is 422 g/mol. The Kier molecular flexibility index (Phi) is 7.13. The Balaban J connectivity index is 1.85. The fraction of sp³-hybridized carbons (Fsp3) is 0.280. The van der Waals surface area contributed by atoms with Crippen molar-refractivity contribution >= 4 is 23.0 Å². The number of ether oxygens (including phenoxy) is 3. The summed E-state index contributed by atoms with van der Waals surface area (Å²) in [4.78, 5) is 24.8. The molecule has 0 radical (unpaired) electrons. The maximum atomic E-state index is 12.5. The quantitative estimate of drug-likeness (QED) is 0.379. The third kappa shape index (κ3) is 5.54. The van der Waals surface area contributed by atoms with Crippen LogP contribution in [0.15, 0.2) is 57.8 Å². The van der Waals surface area contributed by atoms with Crippen LogP contribution in [0, 0.1) is 0 Å². The first-order valence-electron chi connectivity index (χ1n) is 10.2. The molecular weight excluding hydrogens is 396 g/mol. The molecule has 1 aromatic heterocycles. The van der Waals surface area contributed by atoms with Crippen molar-refractivity contribution in [3.05, 3.63) is 75.7 Å². The third-order valence-corrected chi connectivity index (χ3v) is 4.61. The lowest BCUT2D eigenvalue weighted by Gasteiger charge is -2.16. The summed E-state index contributed by atoms with van der Waals surface area (Å²) < 4.78 is 22.4. The lowest BCUT2D eigenvalue weighted by atomic mass is 10.1. The maximum absolute atomic E-state index is 12.5. The normalized spacial score (nSPS) is 11.3. The predicted octanol–water partition coefficient (Wildman–Crippen LogP) is 4.91. The molecule has 0 N–H and O–H groups in total. The van der Waals surface area contributed by atoms with Crippen LogP contribution in [0.1, 0.15) is 37.7 Å². The van der Waals surface area contributed by atoms with Gasteiger partial charge in [0.15, 0.2) is 5.43 Å². The van der Waals surface area contributed by atoms with E-state index >= 15 is 0 Å². The fourth-order valence-electron chi connectivity index (χ4n) is 3.05. The van der Waals surface area contributed by atoms with Gasteiger partial charge in [0.05, 0.1) is 24.2 Å². The number of aryl methyl sites for hydroxylation is 1. The molecule has 0 aliphatic carbocycles. The molecule has 0 bridgehead atoms. The molecule has 0 saturated heterocycles. The molecule has 3 aromatic rings. The molecule has 31 heavy (non-hydrogen) atoms. The van der Waals surface area contributed by atoms with E-state index in [-0.39, 0.29) is 18.1 Å². The number of methoxy groups -OCH3 is 1. The number of hydrogen-bond donors (Lipinski definition) is 0. The van der Waals surface area contributed by atoms with Gasteiger partial charge in [-0.05, 0) is 49.8 Å². The highest BCUT2D eigenvalue weighted by atomic mass is 16.5. The Labute approximate surface area is 181 Å². The standard InChI is InChI=1S/C25H26O6/c1-5-18-14-22(26)20-11-12-23(30-16(2)3)21(25(20)31-18)15-29-24(27)13-8-17-6-9-19(28-4)10-7-17/h6-14,16H,5,15H2,1-4H3/b13-8+. The second kappa shape index (κ2) is 9.98. The largest absolute Gasteiger partial charge is 0.497 e. The summed E-state index contributed by atoms with van der Waals surface area (Å²) >= 11 is 0. The molecule has 0 aliphatic heterocycles. The van der Waals surface area contributed by atoms with E-state index in [1.54, 1.807) is 25.3 Å². The highest BCUT2D eigenvalue weighted by Crippen LogP contribution is 2.29. The van der Waals surface area contributed by atoms with Gasteiger partial charge in [-0.15, -0.1) is 0 Å². The summed E-state index contributed by atoms with van der Waals surface area (Å²) in [5.74, 6) is 1.30. The van der Waals surface area contributed by atoms with Crippen LogP contribution in [0.25, 0.3) is 17.0 Å². The van der Waals surface area contributed by atoms with Crippen molar-refractivity contribution in [3.8, 4) is 11.5 Å². The number of benzene rings is 2. The SMILES string of the molecule is CCc1cc(=O)c2ccc(OC(C)C)c(COC(=O)/C=C/c3ccc(OC)cc3)c2o1. The van der Waals surface area contributed by atoms with Gasteiger partial charge in [-0.2, -0.15) is 0 Å². The van der Waals surface area contributed by atoms with Gasteiger partial charge in [0.2, 0.25) is 0 Å². The van der Waals surface area contributed by atoms with Gasteiger partial charge in [-0.25, -0.2) is 4.79 Å². The Hall–Kier alpha value is -3.54. The van der Waals surface area contributed by atoms with Gasteiger partial charge in [-0.3, -0.25) is 4.79 Å². The lowest BCUT2D eigenvalue weighted by Crippen LogP contribution is -2.11. The van der Waals surface area contributed by atoms with E-state index in [0.717, 1.165) is 11.3 Å².